The van der Waals surface area contributed by atoms with Crippen LogP contribution in [0.3, 0.4) is 0 Å². The van der Waals surface area contributed by atoms with Crippen LogP contribution < -0.4 is 11.5 Å². The molecule has 137 heavy (non-hydrogen) atoms. The second kappa shape index (κ2) is 36.2. The van der Waals surface area contributed by atoms with Gasteiger partial charge in [0.05, 0.1) is 36.6 Å². The average Bonchev–Trinajstić information content (AvgIpc) is 1.54. The number of hydrogen-bond acceptors (Lipinski definition) is 21. The molecule has 29 atom stereocenters. The van der Waals surface area contributed by atoms with E-state index in [0.717, 1.165) is 58.4 Å². The predicted molar refractivity (Wildman–Crippen MR) is 503 cm³/mol. The van der Waals surface area contributed by atoms with Gasteiger partial charge in [-0.25, -0.2) is 26.3 Å². The Morgan fingerprint density at radius 1 is 0.409 bits per heavy atom. The number of fused-ring (bicyclic) bond motifs is 19. The Hall–Kier alpha value is -10.6. The topological polar surface area (TPSA) is 370 Å². The monoisotopic (exact) mass is 1880 g/mol. The zero-order valence-corrected chi connectivity index (χ0v) is 76.4. The number of hydrogen-bond donors (Lipinski definition) is 10. The van der Waals surface area contributed by atoms with Gasteiger partial charge in [0.25, 0.3) is 0 Å². The highest BCUT2D eigenvalue weighted by molar-refractivity contribution is 6.03. The molecule has 0 unspecified atom stereocenters. The summed E-state index contributed by atoms with van der Waals surface area (Å²) >= 11 is 0. The first-order valence-electron chi connectivity index (χ1n) is 46.4. The number of nitrogen functional groups attached to an aromatic ring is 2. The van der Waals surface area contributed by atoms with Crippen molar-refractivity contribution in [2.75, 3.05) is 31.3 Å². The van der Waals surface area contributed by atoms with Gasteiger partial charge in [0.2, 0.25) is 0 Å². The fourth-order valence-corrected chi connectivity index (χ4v) is 27.2. The number of benzene rings is 6. The summed E-state index contributed by atoms with van der Waals surface area (Å²) in [5, 5.41) is 85.6. The fourth-order valence-electron chi connectivity index (χ4n) is 27.2. The standard InChI is InChI=1S/2C36H37F2NO6.C21H26F2O6.C16H14O.CH4/c2*1-33-13-12-24(41)15-27(33)28(37)16-26-25-17-31-36(30(43)19-40,34(25,2)18-29(42)35(26,33)38)45-32(44-31)22-10-8-20(9-11-22)6-7-21-4-3-5-23(39)14-21;1-18-4-3-10(25)5-13(18)14(22)6-12-11-7-15(26)21(29,17(28)9-24)19(11,2)8-16(27)20(12,18)23;1-13-3-2-4-15(11-13)8-5-14-6-9-16(12-17)10-7-14;/h2*3-15,25-26,28-29,31-32,40,42H,16-19,39H2,1-2H3;3-5,11-12,14-16,24,26-27,29H,6-9H2,1-2H3;2-12H,1H3;1H4/b2*7-6+;;8-5+;/t25-,26-,28-,29-,31+,32+,33-,34-,35-,36+;25-,26-,28-,29-,31+,32-,33-,34-,35-,36+;11-,12-,14-,15+,16-,18-,19-,20-,21-;;/m000../s1. The predicted octanol–water partition coefficient (Wildman–Crippen LogP) is 15.3. The lowest BCUT2D eigenvalue weighted by Gasteiger charge is -2.63. The molecule has 9 saturated carbocycles. The van der Waals surface area contributed by atoms with E-state index >= 15 is 26.3 Å². The Morgan fingerprint density at radius 3 is 1.06 bits per heavy atom. The molecule has 20 rings (SSSR count). The van der Waals surface area contributed by atoms with Crippen LogP contribution in [0.4, 0.5) is 37.7 Å². The molecule has 12 N–H and O–H groups in total. The number of anilines is 2. The summed E-state index contributed by atoms with van der Waals surface area (Å²) in [4.78, 5) is 86.3. The van der Waals surface area contributed by atoms with Crippen LogP contribution in [-0.2, 0) is 47.7 Å². The Labute approximate surface area is 791 Å². The molecule has 0 bridgehead atoms. The number of aliphatic hydroxyl groups excluding tert-OH is 7. The molecule has 12 aliphatic carbocycles. The Bertz CT molecular complexity index is 5830. The van der Waals surface area contributed by atoms with E-state index in [-0.39, 0.29) is 81.9 Å². The lowest BCUT2D eigenvalue weighted by Crippen LogP contribution is -2.70. The van der Waals surface area contributed by atoms with Crippen LogP contribution in [0.15, 0.2) is 217 Å². The largest absolute Gasteiger partial charge is 0.399 e. The molecule has 0 spiro atoms. The maximum absolute atomic E-state index is 17.5. The van der Waals surface area contributed by atoms with Gasteiger partial charge in [-0.2, -0.15) is 0 Å². The van der Waals surface area contributed by atoms with E-state index in [1.54, 1.807) is 13.8 Å². The minimum Gasteiger partial charge on any atom is -0.399 e. The molecule has 11 fully saturated rings. The molecule has 0 amide bonds. The normalized spacial score (nSPS) is 40.1. The summed E-state index contributed by atoms with van der Waals surface area (Å²) in [5.74, 6) is -8.61. The molecular formula is C110H118F6N2O19. The van der Waals surface area contributed by atoms with Gasteiger partial charge in [-0.3, -0.25) is 33.6 Å². The first-order chi connectivity index (χ1) is 64.4. The number of aldehydes is 1. The molecule has 14 aliphatic rings. The maximum Gasteiger partial charge on any atom is 0.193 e. The number of rotatable bonds is 15. The quantitative estimate of drug-likeness (QED) is 0.0198. The first-order valence-corrected chi connectivity index (χ1v) is 46.4. The molecule has 0 aromatic heterocycles. The molecule has 2 heterocycles. The van der Waals surface area contributed by atoms with Crippen molar-refractivity contribution < 1.29 is 120 Å². The minimum atomic E-state index is -2.37. The number of carbonyl (C=O) groups is 7. The zero-order valence-electron chi connectivity index (χ0n) is 76.4. The fraction of sp³-hybridized carbons (Fsp3) is 0.445. The van der Waals surface area contributed by atoms with Crippen molar-refractivity contribution in [3.05, 3.63) is 273 Å². The Morgan fingerprint density at radius 2 is 0.723 bits per heavy atom. The van der Waals surface area contributed by atoms with E-state index < -0.39 is 224 Å². The van der Waals surface area contributed by atoms with E-state index in [1.807, 2.05) is 158 Å². The number of aliphatic hydroxyl groups is 8. The lowest BCUT2D eigenvalue weighted by molar-refractivity contribution is -0.235. The average molecular weight is 1890 g/mol. The number of aryl methyl sites for hydroxylation is 1. The third-order valence-electron chi connectivity index (χ3n) is 34.0. The van der Waals surface area contributed by atoms with Gasteiger partial charge >= 0.3 is 0 Å². The summed E-state index contributed by atoms with van der Waals surface area (Å²) in [6.45, 7) is 8.94. The molecule has 27 heteroatoms. The number of halogens is 6. The molecule has 724 valence electrons. The van der Waals surface area contributed by atoms with Gasteiger partial charge in [0.15, 0.2) is 81.1 Å². The van der Waals surface area contributed by atoms with Gasteiger partial charge < -0.3 is 71.3 Å². The summed E-state index contributed by atoms with van der Waals surface area (Å²) in [6.07, 6.45) is 7.65. The van der Waals surface area contributed by atoms with Crippen LogP contribution in [0.5, 0.6) is 0 Å². The van der Waals surface area contributed by atoms with E-state index in [0.29, 0.717) is 28.1 Å². The van der Waals surface area contributed by atoms with Crippen molar-refractivity contribution in [3.8, 4) is 0 Å². The minimum absolute atomic E-state index is 0. The summed E-state index contributed by atoms with van der Waals surface area (Å²) in [6, 6.07) is 45.8. The highest BCUT2D eigenvalue weighted by atomic mass is 19.2. The molecule has 6 aromatic rings. The van der Waals surface area contributed by atoms with Crippen molar-refractivity contribution in [2.24, 2.45) is 68.0 Å². The Kier molecular flexibility index (Phi) is 26.3. The first kappa shape index (κ1) is 99.4. The number of ketones is 6. The smallest absolute Gasteiger partial charge is 0.193 e. The van der Waals surface area contributed by atoms with Crippen molar-refractivity contribution in [3.63, 3.8) is 0 Å². The van der Waals surface area contributed by atoms with Crippen LogP contribution in [0, 0.1) is 74.9 Å². The van der Waals surface area contributed by atoms with E-state index in [4.69, 9.17) is 30.4 Å². The highest BCUT2D eigenvalue weighted by Crippen LogP contribution is 2.76. The molecule has 21 nitrogen and oxygen atoms in total. The van der Waals surface area contributed by atoms with E-state index in [1.165, 1.54) is 69.2 Å². The van der Waals surface area contributed by atoms with E-state index in [9.17, 15) is 74.4 Å². The second-order valence-corrected chi connectivity index (χ2v) is 40.8. The van der Waals surface area contributed by atoms with Gasteiger partial charge in [0.1, 0.15) is 44.6 Å². The molecule has 0 radical (unpaired) electrons. The number of allylic oxidation sites excluding steroid dienone is 12. The number of ether oxygens (including phenoxy) is 4. The SMILES string of the molecule is C.C[C@]12C=CC(=O)C=C1[C@@H](F)C[C@H]1[C@@H]3C[C@@H](O)[C@](O)(C(=O)CO)[C@@]3(C)C[C@H](O)[C@@]12F.C[C@]12C=CC(=O)C=C1[C@@H](F)C[C@H]1[C@@H]3C[C@H]4O[C@@H](c5ccc(/C=C/c6cccc(N)c6)cc5)O[C@@]4(C(=O)CO)[C@@]3(C)C[C@H](O)[C@@]12F.C[C@]12C=CC(=O)C=C1[C@@H](F)C[C@H]1[C@@H]3C[C@H]4O[C@H](c5ccc(/C=C/c6cccc(N)c6)cc5)O[C@@]4(C(=O)CO)[C@@]3(C)C[C@H](O)[C@@]12F.Cc1cccc(/C=C/c2ccc(C=O)cc2)c1. The second-order valence-electron chi connectivity index (χ2n) is 40.8. The number of Topliss-reactive ketones (excluding diaryl/α,β-unsaturated/α-hetero) is 3. The molecule has 2 saturated heterocycles. The summed E-state index contributed by atoms with van der Waals surface area (Å²) < 4.78 is 125. The van der Waals surface area contributed by atoms with Crippen LogP contribution in [0.2, 0.25) is 0 Å². The van der Waals surface area contributed by atoms with E-state index in [2.05, 4.69) is 31.2 Å². The summed E-state index contributed by atoms with van der Waals surface area (Å²) in [7, 11) is 0. The third kappa shape index (κ3) is 15.3. The van der Waals surface area contributed by atoms with Crippen molar-refractivity contribution >= 4 is 88.8 Å². The van der Waals surface area contributed by atoms with Crippen LogP contribution in [0.1, 0.15) is 180 Å². The van der Waals surface area contributed by atoms with Crippen LogP contribution in [-0.4, -0.2) is 191 Å². The number of alkyl halides is 6. The number of nitrogens with two attached hydrogens (primary N) is 2. The van der Waals surface area contributed by atoms with Gasteiger partial charge in [-0.1, -0.05) is 210 Å². The van der Waals surface area contributed by atoms with Crippen molar-refractivity contribution in [1.29, 1.82) is 0 Å². The lowest BCUT2D eigenvalue weighted by atomic mass is 9.44. The van der Waals surface area contributed by atoms with Gasteiger partial charge in [-0.15, -0.1) is 0 Å². The zero-order chi connectivity index (χ0) is 97.5. The van der Waals surface area contributed by atoms with Crippen LogP contribution in [0.25, 0.3) is 36.5 Å². The van der Waals surface area contributed by atoms with Crippen LogP contribution >= 0.6 is 0 Å². The van der Waals surface area contributed by atoms with Gasteiger partial charge in [-0.05, 0) is 214 Å². The third-order valence-corrected chi connectivity index (χ3v) is 34.0. The van der Waals surface area contributed by atoms with Crippen molar-refractivity contribution in [2.45, 2.75) is 215 Å². The highest BCUT2D eigenvalue weighted by Gasteiger charge is 2.83. The summed E-state index contributed by atoms with van der Waals surface area (Å²) in [5.41, 5.74) is 1.36. The molecule has 2 aliphatic heterocycles. The maximum atomic E-state index is 17.5. The molecule has 6 aromatic carbocycles. The van der Waals surface area contributed by atoms with Crippen molar-refractivity contribution in [1.82, 2.24) is 0 Å². The Balaban J connectivity index is 0.000000139. The molecular weight excluding hydrogens is 1770 g/mol. The number of carbonyl (C=O) groups excluding carboxylic acids is 7. The van der Waals surface area contributed by atoms with Gasteiger partial charge in [0, 0.05) is 78.3 Å².